The molecule has 0 aromatic heterocycles. The summed E-state index contributed by atoms with van der Waals surface area (Å²) >= 11 is 3.65. The van der Waals surface area contributed by atoms with E-state index in [0.717, 1.165) is 31.9 Å². The van der Waals surface area contributed by atoms with E-state index in [1.807, 2.05) is 97.9 Å². The Labute approximate surface area is 239 Å². The van der Waals surface area contributed by atoms with Gasteiger partial charge in [0.25, 0.3) is 5.91 Å². The van der Waals surface area contributed by atoms with Gasteiger partial charge in [0.2, 0.25) is 5.91 Å². The highest BCUT2D eigenvalue weighted by Gasteiger charge is 2.31. The normalized spacial score (nSPS) is 11.8. The van der Waals surface area contributed by atoms with Gasteiger partial charge in [-0.1, -0.05) is 98.8 Å². The van der Waals surface area contributed by atoms with Gasteiger partial charge >= 0.3 is 0 Å². The zero-order chi connectivity index (χ0) is 27.8. The van der Waals surface area contributed by atoms with Crippen molar-refractivity contribution < 1.29 is 14.3 Å². The summed E-state index contributed by atoms with van der Waals surface area (Å²) in [6, 6.07) is 28.9. The van der Waals surface area contributed by atoms with E-state index in [1.165, 1.54) is 0 Å². The molecule has 4 aromatic carbocycles. The molecule has 0 fully saturated rings. The highest BCUT2D eigenvalue weighted by atomic mass is 79.9. The first kappa shape index (κ1) is 28.4. The lowest BCUT2D eigenvalue weighted by atomic mass is 10.0. The van der Waals surface area contributed by atoms with Crippen LogP contribution in [0.1, 0.15) is 30.5 Å². The Morgan fingerprint density at radius 1 is 0.897 bits per heavy atom. The molecule has 0 aliphatic heterocycles. The molecule has 0 aliphatic carbocycles. The van der Waals surface area contributed by atoms with Gasteiger partial charge in [-0.25, -0.2) is 0 Å². The van der Waals surface area contributed by atoms with Gasteiger partial charge in [-0.3, -0.25) is 9.59 Å². The predicted octanol–water partition coefficient (Wildman–Crippen LogP) is 6.70. The summed E-state index contributed by atoms with van der Waals surface area (Å²) in [6.45, 7) is 6.78. The lowest BCUT2D eigenvalue weighted by Gasteiger charge is -2.32. The summed E-state index contributed by atoms with van der Waals surface area (Å²) in [5.74, 6) is 0.461. The van der Waals surface area contributed by atoms with Crippen LogP contribution < -0.4 is 10.1 Å². The number of halogens is 1. The number of ether oxygens (including phenoxy) is 1. The first-order valence-electron chi connectivity index (χ1n) is 13.3. The molecule has 0 heterocycles. The average Bonchev–Trinajstić information content (AvgIpc) is 2.94. The van der Waals surface area contributed by atoms with Crippen LogP contribution in [0.2, 0.25) is 0 Å². The van der Waals surface area contributed by atoms with Crippen LogP contribution in [0.4, 0.5) is 0 Å². The fraction of sp³-hybridized carbons (Fsp3) is 0.273. The molecule has 0 bridgehead atoms. The number of amides is 2. The quantitative estimate of drug-likeness (QED) is 0.213. The molecule has 6 heteroatoms. The van der Waals surface area contributed by atoms with Crippen molar-refractivity contribution in [2.24, 2.45) is 5.92 Å². The minimum Gasteiger partial charge on any atom is -0.483 e. The molecule has 5 nitrogen and oxygen atoms in total. The number of benzene rings is 4. The summed E-state index contributed by atoms with van der Waals surface area (Å²) in [5, 5.41) is 5.15. The molecule has 1 atom stereocenters. The van der Waals surface area contributed by atoms with Crippen molar-refractivity contribution >= 4 is 38.5 Å². The second-order valence-electron chi connectivity index (χ2n) is 10.2. The molecule has 0 radical (unpaired) electrons. The monoisotopic (exact) mass is 586 g/mol. The van der Waals surface area contributed by atoms with Crippen molar-refractivity contribution in [3.63, 3.8) is 0 Å². The van der Waals surface area contributed by atoms with Crippen LogP contribution in [-0.2, 0) is 22.6 Å². The number of aryl methyl sites for hydroxylation is 1. The van der Waals surface area contributed by atoms with E-state index in [9.17, 15) is 9.59 Å². The molecule has 4 rings (SSSR count). The number of nitrogens with one attached hydrogen (secondary N) is 1. The summed E-state index contributed by atoms with van der Waals surface area (Å²) < 4.78 is 6.86. The predicted molar refractivity (Wildman–Crippen MR) is 161 cm³/mol. The number of nitrogens with zero attached hydrogens (tertiary/aromatic N) is 1. The number of carbonyl (C=O) groups is 2. The molecule has 0 aliphatic rings. The molecule has 0 saturated heterocycles. The van der Waals surface area contributed by atoms with Gasteiger partial charge in [0.1, 0.15) is 11.8 Å². The second-order valence-corrected chi connectivity index (χ2v) is 11.0. The summed E-state index contributed by atoms with van der Waals surface area (Å²) in [5.41, 5.74) is 3.05. The van der Waals surface area contributed by atoms with Crippen molar-refractivity contribution in [2.75, 3.05) is 13.2 Å². The summed E-state index contributed by atoms with van der Waals surface area (Å²) in [7, 11) is 0. The Hall–Kier alpha value is -3.64. The average molecular weight is 588 g/mol. The van der Waals surface area contributed by atoms with Crippen molar-refractivity contribution in [1.82, 2.24) is 10.2 Å². The van der Waals surface area contributed by atoms with Gasteiger partial charge < -0.3 is 15.0 Å². The van der Waals surface area contributed by atoms with E-state index in [1.54, 1.807) is 4.90 Å². The Kier molecular flexibility index (Phi) is 9.77. The van der Waals surface area contributed by atoms with Crippen molar-refractivity contribution in [3.05, 3.63) is 112 Å². The Bertz CT molecular complexity index is 1420. The van der Waals surface area contributed by atoms with Crippen LogP contribution in [0, 0.1) is 12.8 Å². The van der Waals surface area contributed by atoms with Crippen LogP contribution in [0.5, 0.6) is 5.75 Å². The minimum absolute atomic E-state index is 0.165. The fourth-order valence-electron chi connectivity index (χ4n) is 4.49. The molecule has 202 valence electrons. The van der Waals surface area contributed by atoms with Crippen molar-refractivity contribution in [2.45, 2.75) is 39.8 Å². The zero-order valence-electron chi connectivity index (χ0n) is 22.7. The maximum absolute atomic E-state index is 13.9. The third-order valence-corrected chi connectivity index (χ3v) is 7.55. The molecule has 0 spiro atoms. The molecule has 1 unspecified atom stereocenters. The third-order valence-electron chi connectivity index (χ3n) is 6.74. The number of hydrogen-bond donors (Lipinski definition) is 1. The second kappa shape index (κ2) is 13.4. The molecule has 2 amide bonds. The van der Waals surface area contributed by atoms with Crippen molar-refractivity contribution in [3.8, 4) is 5.75 Å². The fourth-order valence-corrected chi connectivity index (χ4v) is 5.10. The van der Waals surface area contributed by atoms with Gasteiger partial charge in [-0.2, -0.15) is 0 Å². The highest BCUT2D eigenvalue weighted by Crippen LogP contribution is 2.33. The number of carbonyl (C=O) groups excluding carboxylic acids is 2. The van der Waals surface area contributed by atoms with Crippen LogP contribution in [0.3, 0.4) is 0 Å². The number of hydrogen-bond acceptors (Lipinski definition) is 3. The van der Waals surface area contributed by atoms with Crippen molar-refractivity contribution in [1.29, 1.82) is 0 Å². The van der Waals surface area contributed by atoms with Gasteiger partial charge in [0, 0.05) is 19.5 Å². The van der Waals surface area contributed by atoms with E-state index in [2.05, 4.69) is 35.1 Å². The molecule has 39 heavy (non-hydrogen) atoms. The number of fused-ring (bicyclic) bond motifs is 1. The first-order valence-corrected chi connectivity index (χ1v) is 14.1. The highest BCUT2D eigenvalue weighted by molar-refractivity contribution is 9.10. The lowest BCUT2D eigenvalue weighted by molar-refractivity contribution is -0.142. The van der Waals surface area contributed by atoms with Gasteiger partial charge in [-0.05, 0) is 62.3 Å². The van der Waals surface area contributed by atoms with E-state index >= 15 is 0 Å². The third kappa shape index (κ3) is 7.48. The SMILES string of the molecule is Cc1ccccc1CN(C(=O)COc1ccc2ccccc2c1Br)C(Cc1ccccc1)C(=O)NCC(C)C. The van der Waals surface area contributed by atoms with Gasteiger partial charge in [0.05, 0.1) is 4.47 Å². The molecule has 0 saturated carbocycles. The van der Waals surface area contributed by atoms with Gasteiger partial charge in [-0.15, -0.1) is 0 Å². The zero-order valence-corrected chi connectivity index (χ0v) is 24.3. The minimum atomic E-state index is -0.693. The maximum atomic E-state index is 13.9. The maximum Gasteiger partial charge on any atom is 0.261 e. The Morgan fingerprint density at radius 3 is 2.33 bits per heavy atom. The Balaban J connectivity index is 1.64. The number of rotatable bonds is 11. The largest absolute Gasteiger partial charge is 0.483 e. The molecular formula is C33H35BrN2O3. The Morgan fingerprint density at radius 2 is 1.59 bits per heavy atom. The van der Waals surface area contributed by atoms with Crippen LogP contribution in [0.25, 0.3) is 10.8 Å². The molecule has 4 aromatic rings. The lowest BCUT2D eigenvalue weighted by Crippen LogP contribution is -2.52. The smallest absolute Gasteiger partial charge is 0.261 e. The van der Waals surface area contributed by atoms with Crippen LogP contribution in [0.15, 0.2) is 95.5 Å². The first-order chi connectivity index (χ1) is 18.8. The van der Waals surface area contributed by atoms with Crippen LogP contribution in [-0.4, -0.2) is 35.9 Å². The molecular weight excluding hydrogens is 552 g/mol. The van der Waals surface area contributed by atoms with E-state index in [-0.39, 0.29) is 18.4 Å². The van der Waals surface area contributed by atoms with E-state index in [0.29, 0.717) is 31.2 Å². The summed E-state index contributed by atoms with van der Waals surface area (Å²) in [6.07, 6.45) is 0.405. The molecule has 1 N–H and O–H groups in total. The topological polar surface area (TPSA) is 58.6 Å². The van der Waals surface area contributed by atoms with Gasteiger partial charge in [0.15, 0.2) is 6.61 Å². The standard InChI is InChI=1S/C33H35BrN2O3/c1-23(2)20-35-33(38)29(19-25-12-5-4-6-13-25)36(21-27-15-8-7-11-24(27)3)31(37)22-39-30-18-17-26-14-9-10-16-28(26)32(30)34/h4-18,23,29H,19-22H2,1-3H3,(H,35,38). The van der Waals surface area contributed by atoms with E-state index in [4.69, 9.17) is 4.74 Å². The summed E-state index contributed by atoms with van der Waals surface area (Å²) in [4.78, 5) is 29.1. The van der Waals surface area contributed by atoms with E-state index < -0.39 is 6.04 Å². The van der Waals surface area contributed by atoms with Crippen LogP contribution >= 0.6 is 15.9 Å².